The van der Waals surface area contributed by atoms with Crippen molar-refractivity contribution in [1.29, 1.82) is 0 Å². The molecule has 0 saturated carbocycles. The van der Waals surface area contributed by atoms with Gasteiger partial charge in [-0.2, -0.15) is 0 Å². The van der Waals surface area contributed by atoms with Crippen molar-refractivity contribution in [3.63, 3.8) is 0 Å². The minimum Gasteiger partial charge on any atom is -0.872 e. The number of anilines is 1. The monoisotopic (exact) mass is 357 g/mol. The molecule has 1 atom stereocenters. The fourth-order valence-corrected chi connectivity index (χ4v) is 3.59. The van der Waals surface area contributed by atoms with Crippen molar-refractivity contribution in [3.8, 4) is 17.1 Å². The van der Waals surface area contributed by atoms with Crippen LogP contribution >= 0.6 is 0 Å². The summed E-state index contributed by atoms with van der Waals surface area (Å²) in [5.41, 5.74) is 3.60. The van der Waals surface area contributed by atoms with Crippen LogP contribution in [0.4, 0.5) is 11.4 Å². The Hall–Kier alpha value is -3.87. The number of para-hydroxylation sites is 3. The molecule has 2 heterocycles. The van der Waals surface area contributed by atoms with Crippen LogP contribution < -0.4 is 10.4 Å². The second kappa shape index (κ2) is 5.57. The predicted molar refractivity (Wildman–Crippen MR) is 99.5 cm³/mol. The highest BCUT2D eigenvalue weighted by Gasteiger charge is 2.29. The summed E-state index contributed by atoms with van der Waals surface area (Å²) in [7, 11) is 0. The molecule has 0 radical (unpaired) electrons. The number of nitro benzene ring substituents is 1. The van der Waals surface area contributed by atoms with Gasteiger partial charge in [0.05, 0.1) is 16.0 Å². The van der Waals surface area contributed by atoms with E-state index in [0.717, 1.165) is 28.1 Å². The minimum atomic E-state index is -0.588. The Labute approximate surface area is 153 Å². The van der Waals surface area contributed by atoms with Crippen molar-refractivity contribution < 1.29 is 10.0 Å². The van der Waals surface area contributed by atoms with E-state index in [4.69, 9.17) is 4.98 Å². The summed E-state index contributed by atoms with van der Waals surface area (Å²) in [6.07, 6.45) is -0.588. The second-order valence-corrected chi connectivity index (χ2v) is 6.37. The molecule has 4 aromatic rings. The third kappa shape index (κ3) is 2.25. The van der Waals surface area contributed by atoms with Crippen LogP contribution in [-0.4, -0.2) is 14.5 Å². The molecule has 0 bridgehead atoms. The zero-order chi connectivity index (χ0) is 18.5. The lowest BCUT2D eigenvalue weighted by molar-refractivity contribution is -0.385. The molecule has 1 aromatic heterocycles. The van der Waals surface area contributed by atoms with Crippen molar-refractivity contribution in [2.24, 2.45) is 0 Å². The smallest absolute Gasteiger partial charge is 0.269 e. The number of nitrogens with one attached hydrogen (secondary N) is 1. The number of aromatic nitrogens is 2. The van der Waals surface area contributed by atoms with Crippen LogP contribution in [0.3, 0.4) is 0 Å². The maximum absolute atomic E-state index is 12.6. The number of benzene rings is 3. The molecule has 7 nitrogen and oxygen atoms in total. The number of hydrogen-bond donors (Lipinski definition) is 1. The summed E-state index contributed by atoms with van der Waals surface area (Å²) < 4.78 is 1.93. The van der Waals surface area contributed by atoms with Crippen LogP contribution in [-0.2, 0) is 0 Å². The van der Waals surface area contributed by atoms with Gasteiger partial charge in [0.15, 0.2) is 0 Å². The van der Waals surface area contributed by atoms with Gasteiger partial charge in [0, 0.05) is 23.4 Å². The molecule has 1 aliphatic rings. The first kappa shape index (κ1) is 15.4. The first-order valence-electron chi connectivity index (χ1n) is 8.42. The van der Waals surface area contributed by atoms with Gasteiger partial charge in [-0.1, -0.05) is 30.3 Å². The van der Waals surface area contributed by atoms with Crippen LogP contribution in [0.1, 0.15) is 11.7 Å². The minimum absolute atomic E-state index is 0.115. The lowest BCUT2D eigenvalue weighted by Gasteiger charge is -2.32. The number of non-ortho nitro benzene ring substituents is 1. The number of hydrogen-bond acceptors (Lipinski definition) is 5. The van der Waals surface area contributed by atoms with Gasteiger partial charge in [-0.05, 0) is 29.8 Å². The number of fused-ring (bicyclic) bond motifs is 5. The van der Waals surface area contributed by atoms with E-state index in [-0.39, 0.29) is 11.4 Å². The lowest BCUT2D eigenvalue weighted by Crippen LogP contribution is -2.25. The quantitative estimate of drug-likeness (QED) is 0.436. The molecule has 5 rings (SSSR count). The molecule has 1 N–H and O–H groups in total. The zero-order valence-electron chi connectivity index (χ0n) is 14.0. The van der Waals surface area contributed by atoms with Crippen molar-refractivity contribution >= 4 is 22.4 Å². The fourth-order valence-electron chi connectivity index (χ4n) is 3.59. The first-order chi connectivity index (χ1) is 13.1. The summed E-state index contributed by atoms with van der Waals surface area (Å²) in [5, 5.41) is 27.1. The number of nitro groups is 1. The molecular weight excluding hydrogens is 344 g/mol. The molecule has 0 saturated heterocycles. The van der Waals surface area contributed by atoms with Crippen molar-refractivity contribution in [2.45, 2.75) is 6.17 Å². The van der Waals surface area contributed by atoms with Crippen LogP contribution in [0.5, 0.6) is 5.75 Å². The van der Waals surface area contributed by atoms with E-state index >= 15 is 0 Å². The Kier molecular flexibility index (Phi) is 3.17. The van der Waals surface area contributed by atoms with Gasteiger partial charge in [0.2, 0.25) is 0 Å². The van der Waals surface area contributed by atoms with Crippen LogP contribution in [0.25, 0.3) is 22.4 Å². The molecule has 0 fully saturated rings. The van der Waals surface area contributed by atoms with Gasteiger partial charge in [-0.3, -0.25) is 14.7 Å². The van der Waals surface area contributed by atoms with E-state index in [0.29, 0.717) is 5.56 Å². The highest BCUT2D eigenvalue weighted by molar-refractivity contribution is 5.87. The van der Waals surface area contributed by atoms with E-state index in [1.807, 2.05) is 53.1 Å². The molecule has 7 heteroatoms. The van der Waals surface area contributed by atoms with Gasteiger partial charge in [-0.15, -0.1) is 5.75 Å². The van der Waals surface area contributed by atoms with E-state index < -0.39 is 11.1 Å². The van der Waals surface area contributed by atoms with E-state index in [2.05, 4.69) is 5.32 Å². The first-order valence-corrected chi connectivity index (χ1v) is 8.42. The largest absolute Gasteiger partial charge is 0.872 e. The fraction of sp³-hybridized carbons (Fsp3) is 0.0500. The van der Waals surface area contributed by atoms with Gasteiger partial charge >= 0.3 is 0 Å². The molecule has 0 amide bonds. The van der Waals surface area contributed by atoms with Crippen molar-refractivity contribution in [2.75, 3.05) is 5.32 Å². The molecule has 0 spiro atoms. The topological polar surface area (TPSA) is 96.1 Å². The van der Waals surface area contributed by atoms with E-state index in [9.17, 15) is 15.2 Å². The standard InChI is InChI=1S/C20H14N4O3/c25-18-10-9-12(24(26)27)11-14(18)20-21-15-6-2-1-5-13(15)19-22-16-7-3-4-8-17(16)23(19)20/h1-11,20-21,25H/p-1/t20-/m1/s1. The Morgan fingerprint density at radius 1 is 1.04 bits per heavy atom. The Morgan fingerprint density at radius 3 is 2.67 bits per heavy atom. The van der Waals surface area contributed by atoms with Gasteiger partial charge in [0.1, 0.15) is 12.0 Å². The van der Waals surface area contributed by atoms with Crippen molar-refractivity contribution in [3.05, 3.63) is 82.4 Å². The molecular formula is C20H13N4O3-. The summed E-state index contributed by atoms with van der Waals surface area (Å²) in [5.74, 6) is 0.461. The molecule has 0 aliphatic carbocycles. The third-order valence-electron chi connectivity index (χ3n) is 4.81. The maximum Gasteiger partial charge on any atom is 0.269 e. The van der Waals surface area contributed by atoms with E-state index in [1.165, 1.54) is 18.2 Å². The Bertz CT molecular complexity index is 1220. The van der Waals surface area contributed by atoms with Crippen LogP contribution in [0.15, 0.2) is 66.7 Å². The molecule has 132 valence electrons. The molecule has 27 heavy (non-hydrogen) atoms. The number of rotatable bonds is 2. The molecule has 0 unspecified atom stereocenters. The average Bonchev–Trinajstić information content (AvgIpc) is 3.07. The number of nitrogens with zero attached hydrogens (tertiary/aromatic N) is 3. The lowest BCUT2D eigenvalue weighted by atomic mass is 10.0. The molecule has 1 aliphatic heterocycles. The normalized spacial score (nSPS) is 15.0. The second-order valence-electron chi connectivity index (χ2n) is 6.37. The SMILES string of the molecule is O=[N+]([O-])c1ccc([O-])c([C@@H]2Nc3ccccc3-c3nc4ccccc4n32)c1. The van der Waals surface area contributed by atoms with Gasteiger partial charge in [0.25, 0.3) is 5.69 Å². The maximum atomic E-state index is 12.6. The third-order valence-corrected chi connectivity index (χ3v) is 4.81. The summed E-state index contributed by atoms with van der Waals surface area (Å²) in [6, 6.07) is 19.2. The number of imidazole rings is 1. The highest BCUT2D eigenvalue weighted by atomic mass is 16.6. The summed E-state index contributed by atoms with van der Waals surface area (Å²) in [6.45, 7) is 0. The van der Waals surface area contributed by atoms with Crippen LogP contribution in [0, 0.1) is 10.1 Å². The molecule has 3 aromatic carbocycles. The van der Waals surface area contributed by atoms with E-state index in [1.54, 1.807) is 0 Å². The predicted octanol–water partition coefficient (Wildman–Crippen LogP) is 3.66. The van der Waals surface area contributed by atoms with Gasteiger partial charge < -0.3 is 10.4 Å². The van der Waals surface area contributed by atoms with Crippen molar-refractivity contribution in [1.82, 2.24) is 9.55 Å². The summed E-state index contributed by atoms with van der Waals surface area (Å²) >= 11 is 0. The van der Waals surface area contributed by atoms with Crippen LogP contribution in [0.2, 0.25) is 0 Å². The highest BCUT2D eigenvalue weighted by Crippen LogP contribution is 2.42. The summed E-state index contributed by atoms with van der Waals surface area (Å²) in [4.78, 5) is 15.5. The average molecular weight is 357 g/mol. The van der Waals surface area contributed by atoms with Gasteiger partial charge in [-0.25, -0.2) is 4.98 Å². The zero-order valence-corrected chi connectivity index (χ0v) is 14.0. The Morgan fingerprint density at radius 2 is 1.81 bits per heavy atom. The Balaban J connectivity index is 1.82.